The van der Waals surface area contributed by atoms with Gasteiger partial charge in [0.15, 0.2) is 12.4 Å². The van der Waals surface area contributed by atoms with Gasteiger partial charge in [-0.05, 0) is 38.8 Å². The van der Waals surface area contributed by atoms with Crippen molar-refractivity contribution in [3.8, 4) is 11.8 Å². The molecule has 0 aliphatic carbocycles. The molecule has 0 amide bonds. The zero-order chi connectivity index (χ0) is 24.4. The zero-order valence-electron chi connectivity index (χ0n) is 17.5. The number of rotatable bonds is 0. The van der Waals surface area contributed by atoms with Crippen molar-refractivity contribution in [3.63, 3.8) is 0 Å². The van der Waals surface area contributed by atoms with Gasteiger partial charge in [-0.15, -0.1) is 0 Å². The van der Waals surface area contributed by atoms with Crippen LogP contribution in [0.25, 0.3) is 10.9 Å². The number of fused-ring (bicyclic) bond motifs is 1. The van der Waals surface area contributed by atoms with E-state index in [9.17, 15) is 30.0 Å². The first-order chi connectivity index (χ1) is 14.3. The van der Waals surface area contributed by atoms with Gasteiger partial charge in [0.05, 0.1) is 5.52 Å². The molecular weight excluding hydrogens is 459 g/mol. The van der Waals surface area contributed by atoms with Crippen molar-refractivity contribution in [2.75, 3.05) is 0 Å². The van der Waals surface area contributed by atoms with Crippen LogP contribution in [-0.4, -0.2) is 21.5 Å². The van der Waals surface area contributed by atoms with E-state index in [4.69, 9.17) is 4.74 Å². The Hall–Kier alpha value is -3.12. The number of carbonyl (C=O) groups excluding carboxylic acids is 1. The predicted molar refractivity (Wildman–Crippen MR) is 109 cm³/mol. The van der Waals surface area contributed by atoms with Crippen molar-refractivity contribution >= 4 is 24.8 Å². The van der Waals surface area contributed by atoms with Crippen LogP contribution in [0, 0.1) is 11.8 Å². The molecule has 3 rings (SSSR count). The Morgan fingerprint density at radius 1 is 1.00 bits per heavy atom. The number of hydrogen-bond acceptors (Lipinski definition) is 3. The van der Waals surface area contributed by atoms with Gasteiger partial charge in [0.2, 0.25) is 0 Å². The van der Waals surface area contributed by atoms with E-state index in [1.165, 1.54) is 4.68 Å². The number of halogens is 6. The summed E-state index contributed by atoms with van der Waals surface area (Å²) >= 11 is 0. The first-order valence-corrected chi connectivity index (χ1v) is 11.1. The molecule has 0 aliphatic rings. The number of benzene rings is 1. The van der Waals surface area contributed by atoms with Crippen LogP contribution in [0.3, 0.4) is 0 Å². The Bertz CT molecular complexity index is 1190. The van der Waals surface area contributed by atoms with Crippen LogP contribution in [0.15, 0.2) is 48.8 Å². The molecule has 0 fully saturated rings. The third-order valence-corrected chi connectivity index (χ3v) is 3.46. The molecule has 12 heteroatoms. The standard InChI is InChI=1S/C20H20N3O2.F6P/c1-20(2,3)25-19(24)23-18-8-6-5-7-16(18)17(21-23)10-9-15-11-13-22(4)14-12-15;1-7(2,3,4,5)6/h5-8,11-14H,1-4H3;/q+1;-1. The molecule has 0 unspecified atom stereocenters. The van der Waals surface area contributed by atoms with Gasteiger partial charge in [0.25, 0.3) is 0 Å². The maximum atomic E-state index is 12.4. The second-order valence-corrected chi connectivity index (χ2v) is 9.64. The van der Waals surface area contributed by atoms with E-state index in [1.807, 2.05) is 81.2 Å². The Balaban J connectivity index is 0.000000451. The van der Waals surface area contributed by atoms with Gasteiger partial charge >= 0.3 is 39.1 Å². The normalized spacial score (nSPS) is 13.7. The van der Waals surface area contributed by atoms with Crippen LogP contribution < -0.4 is 4.57 Å². The third kappa shape index (κ3) is 9.35. The van der Waals surface area contributed by atoms with E-state index in [0.717, 1.165) is 10.9 Å². The summed E-state index contributed by atoms with van der Waals surface area (Å²) in [6.07, 6.45) is 3.35. The van der Waals surface area contributed by atoms with Crippen LogP contribution in [-0.2, 0) is 11.8 Å². The second kappa shape index (κ2) is 7.78. The number of para-hydroxylation sites is 1. The SMILES string of the molecule is C[n+]1ccc(C#Cc2nn(C(=O)OC(C)(C)C)c3ccccc23)cc1.F[P-](F)(F)(F)(F)F. The number of aromatic nitrogens is 3. The van der Waals surface area contributed by atoms with Crippen molar-refractivity contribution in [1.82, 2.24) is 9.78 Å². The van der Waals surface area contributed by atoms with Gasteiger partial charge in [0, 0.05) is 23.1 Å². The van der Waals surface area contributed by atoms with Gasteiger partial charge in [-0.3, -0.25) is 0 Å². The summed E-state index contributed by atoms with van der Waals surface area (Å²) in [5.41, 5.74) is 1.53. The average molecular weight is 479 g/mol. The molecule has 5 nitrogen and oxygen atoms in total. The number of nitrogens with zero attached hydrogens (tertiary/aromatic N) is 3. The van der Waals surface area contributed by atoms with Gasteiger partial charge in [-0.1, -0.05) is 18.1 Å². The molecule has 3 aromatic rings. The first-order valence-electron chi connectivity index (χ1n) is 9.03. The molecule has 0 bridgehead atoms. The molecule has 0 atom stereocenters. The van der Waals surface area contributed by atoms with Crippen LogP contribution in [0.2, 0.25) is 0 Å². The number of pyridine rings is 1. The Morgan fingerprint density at radius 2 is 1.53 bits per heavy atom. The summed E-state index contributed by atoms with van der Waals surface area (Å²) in [5, 5.41) is 5.19. The summed E-state index contributed by atoms with van der Waals surface area (Å²) in [5.74, 6) is 6.15. The number of aryl methyl sites for hydroxylation is 1. The Morgan fingerprint density at radius 3 is 2.06 bits per heavy atom. The molecule has 0 saturated heterocycles. The summed E-state index contributed by atoms with van der Waals surface area (Å²) in [6.45, 7) is 5.48. The summed E-state index contributed by atoms with van der Waals surface area (Å²) in [6, 6.07) is 11.4. The monoisotopic (exact) mass is 479 g/mol. The van der Waals surface area contributed by atoms with Crippen LogP contribution in [0.4, 0.5) is 30.0 Å². The molecule has 0 aliphatic heterocycles. The molecule has 32 heavy (non-hydrogen) atoms. The molecule has 1 aromatic carbocycles. The van der Waals surface area contributed by atoms with E-state index in [0.29, 0.717) is 11.2 Å². The predicted octanol–water partition coefficient (Wildman–Crippen LogP) is 6.43. The second-order valence-electron chi connectivity index (χ2n) is 7.72. The Labute approximate surface area is 179 Å². The van der Waals surface area contributed by atoms with Crippen molar-refractivity contribution in [2.45, 2.75) is 26.4 Å². The molecule has 0 N–H and O–H groups in total. The van der Waals surface area contributed by atoms with Crippen LogP contribution >= 0.6 is 7.81 Å². The zero-order valence-corrected chi connectivity index (χ0v) is 18.4. The summed E-state index contributed by atoms with van der Waals surface area (Å²) in [4.78, 5) is 12.4. The van der Waals surface area contributed by atoms with Gasteiger partial charge in [0.1, 0.15) is 18.3 Å². The molecule has 0 spiro atoms. The fourth-order valence-electron chi connectivity index (χ4n) is 2.32. The average Bonchev–Trinajstić information content (AvgIpc) is 2.96. The van der Waals surface area contributed by atoms with Crippen molar-refractivity contribution in [3.05, 3.63) is 60.0 Å². The molecule has 174 valence electrons. The summed E-state index contributed by atoms with van der Waals surface area (Å²) in [7, 11) is -8.71. The van der Waals surface area contributed by atoms with Crippen molar-refractivity contribution < 1.29 is 39.3 Å². The Kier molecular flexibility index (Phi) is 6.11. The van der Waals surface area contributed by atoms with Crippen molar-refractivity contribution in [2.24, 2.45) is 7.05 Å². The molecule has 0 radical (unpaired) electrons. The van der Waals surface area contributed by atoms with Crippen LogP contribution in [0.1, 0.15) is 32.0 Å². The minimum absolute atomic E-state index is 0.511. The van der Waals surface area contributed by atoms with Gasteiger partial charge in [-0.25, -0.2) is 9.36 Å². The van der Waals surface area contributed by atoms with E-state index in [1.54, 1.807) is 0 Å². The van der Waals surface area contributed by atoms with E-state index >= 15 is 0 Å². The van der Waals surface area contributed by atoms with E-state index in [2.05, 4.69) is 16.9 Å². The fourth-order valence-corrected chi connectivity index (χ4v) is 2.32. The van der Waals surface area contributed by atoms with Gasteiger partial charge < -0.3 is 4.74 Å². The molecule has 2 heterocycles. The quantitative estimate of drug-likeness (QED) is 0.162. The van der Waals surface area contributed by atoms with Crippen molar-refractivity contribution in [1.29, 1.82) is 0 Å². The molecular formula is C20H20F6N3O2P. The number of carbonyl (C=O) groups is 1. The molecule has 0 saturated carbocycles. The summed E-state index contributed by atoms with van der Waals surface area (Å²) < 4.78 is 67.8. The molecule has 2 aromatic heterocycles. The third-order valence-electron chi connectivity index (χ3n) is 3.46. The van der Waals surface area contributed by atoms with E-state index in [-0.39, 0.29) is 0 Å². The van der Waals surface area contributed by atoms with Gasteiger partial charge in [-0.2, -0.15) is 9.78 Å². The first kappa shape index (κ1) is 25.1. The number of hydrogen-bond donors (Lipinski definition) is 0. The maximum absolute atomic E-state index is 12.4. The fraction of sp³-hybridized carbons (Fsp3) is 0.250. The number of ether oxygens (including phenoxy) is 1. The van der Waals surface area contributed by atoms with Crippen LogP contribution in [0.5, 0.6) is 0 Å². The minimum atomic E-state index is -10.7. The van der Waals surface area contributed by atoms with E-state index < -0.39 is 19.5 Å². The topological polar surface area (TPSA) is 48.0 Å².